The van der Waals surface area contributed by atoms with Crippen LogP contribution in [-0.4, -0.2) is 72.3 Å². The first kappa shape index (κ1) is 23.4. The topological polar surface area (TPSA) is 43.9 Å². The lowest BCUT2D eigenvalue weighted by molar-refractivity contribution is -0.135. The number of likely N-dealkylation sites (tertiary alicyclic amines) is 1. The second kappa shape index (κ2) is 10.5. The minimum Gasteiger partial charge on any atom is -0.340 e. The zero-order valence-corrected chi connectivity index (χ0v) is 20.2. The minimum atomic E-state index is -0.107. The van der Waals surface area contributed by atoms with Crippen LogP contribution in [0.5, 0.6) is 0 Å². The van der Waals surface area contributed by atoms with Gasteiger partial charge in [-0.15, -0.1) is 0 Å². The molecule has 2 heterocycles. The van der Waals surface area contributed by atoms with E-state index in [4.69, 9.17) is 0 Å². The van der Waals surface area contributed by atoms with Gasteiger partial charge in [-0.25, -0.2) is 0 Å². The van der Waals surface area contributed by atoms with E-state index in [0.717, 1.165) is 57.5 Å². The highest BCUT2D eigenvalue weighted by atomic mass is 16.2. The molecule has 5 heteroatoms. The molecule has 3 fully saturated rings. The number of carbonyl (C=O) groups excluding carboxylic acids is 2. The smallest absolute Gasteiger partial charge is 0.298 e. The molecule has 5 nitrogen and oxygen atoms in total. The number of carbonyl (C=O) groups is 2. The first-order valence-electron chi connectivity index (χ1n) is 12.7. The number of amides is 2. The van der Waals surface area contributed by atoms with Crippen LogP contribution >= 0.6 is 0 Å². The molecule has 2 amide bonds. The number of benzene rings is 2. The Kier molecular flexibility index (Phi) is 7.01. The summed E-state index contributed by atoms with van der Waals surface area (Å²) < 4.78 is 0. The summed E-state index contributed by atoms with van der Waals surface area (Å²) in [7, 11) is 0. The van der Waals surface area contributed by atoms with E-state index in [1.165, 1.54) is 5.56 Å². The number of rotatable bonds is 4. The first-order chi connectivity index (χ1) is 17.1. The fraction of sp³-hybridized carbons (Fsp3) is 0.400. The average Bonchev–Trinajstić information content (AvgIpc) is 3.61. The van der Waals surface area contributed by atoms with Crippen molar-refractivity contribution >= 4 is 17.9 Å². The van der Waals surface area contributed by atoms with Gasteiger partial charge < -0.3 is 9.80 Å². The summed E-state index contributed by atoms with van der Waals surface area (Å²) in [5.74, 6) is 6.10. The lowest BCUT2D eigenvalue weighted by Gasteiger charge is -2.36. The molecule has 0 radical (unpaired) electrons. The summed E-state index contributed by atoms with van der Waals surface area (Å²) >= 11 is 0. The van der Waals surface area contributed by atoms with Crippen molar-refractivity contribution in [2.45, 2.75) is 19.3 Å². The highest BCUT2D eigenvalue weighted by Gasteiger charge is 2.59. The predicted molar refractivity (Wildman–Crippen MR) is 138 cm³/mol. The zero-order valence-electron chi connectivity index (χ0n) is 20.2. The number of piperazine rings is 1. The molecule has 1 aliphatic carbocycles. The average molecular weight is 468 g/mol. The van der Waals surface area contributed by atoms with Crippen LogP contribution < -0.4 is 0 Å². The molecular weight excluding hydrogens is 434 g/mol. The Balaban J connectivity index is 1.05. The summed E-state index contributed by atoms with van der Waals surface area (Å²) in [6, 6.07) is 20.0. The molecular formula is C30H33N3O2. The van der Waals surface area contributed by atoms with E-state index >= 15 is 0 Å². The van der Waals surface area contributed by atoms with Crippen LogP contribution in [0.3, 0.4) is 0 Å². The van der Waals surface area contributed by atoms with Crippen LogP contribution in [0.25, 0.3) is 6.08 Å². The molecule has 2 saturated heterocycles. The number of nitrogens with zero attached hydrogens (tertiary/aromatic N) is 3. The van der Waals surface area contributed by atoms with Crippen LogP contribution in [-0.2, 0) is 9.59 Å². The van der Waals surface area contributed by atoms with E-state index in [9.17, 15) is 9.59 Å². The summed E-state index contributed by atoms with van der Waals surface area (Å²) in [5.41, 5.74) is 2.18. The largest absolute Gasteiger partial charge is 0.340 e. The van der Waals surface area contributed by atoms with Crippen molar-refractivity contribution in [2.75, 3.05) is 45.8 Å². The summed E-state index contributed by atoms with van der Waals surface area (Å²) in [6.07, 6.45) is 7.17. The van der Waals surface area contributed by atoms with E-state index in [2.05, 4.69) is 58.1 Å². The normalized spacial score (nSPS) is 21.5. The summed E-state index contributed by atoms with van der Waals surface area (Å²) in [5, 5.41) is 0. The standard InChI is InChI=1S/C30H33N3O2/c34-28(14-13-26-10-5-2-6-11-26)32-18-15-30(16-19-32)24-27(30)29(35)33-22-20-31(21-23-33)17-7-12-25-8-3-1-4-9-25/h1-12,27H,15-24H2/b12-7+/t27-/m0/s1. The lowest BCUT2D eigenvalue weighted by Crippen LogP contribution is -2.49. The quantitative estimate of drug-likeness (QED) is 0.647. The molecule has 0 unspecified atom stereocenters. The molecule has 1 spiro atoms. The SMILES string of the molecule is O=C(C#Cc1ccccc1)N1CCC2(CC1)C[C@H]2C(=O)N1CCN(C/C=C/c2ccccc2)CC1. The van der Waals surface area contributed by atoms with Crippen molar-refractivity contribution in [1.82, 2.24) is 14.7 Å². The molecule has 2 aliphatic heterocycles. The molecule has 2 aromatic carbocycles. The van der Waals surface area contributed by atoms with Gasteiger partial charge in [0.25, 0.3) is 5.91 Å². The van der Waals surface area contributed by atoms with Crippen molar-refractivity contribution in [2.24, 2.45) is 11.3 Å². The third-order valence-corrected chi connectivity index (χ3v) is 7.78. The molecule has 1 atom stereocenters. The van der Waals surface area contributed by atoms with Gasteiger partial charge >= 0.3 is 0 Å². The monoisotopic (exact) mass is 467 g/mol. The summed E-state index contributed by atoms with van der Waals surface area (Å²) in [6.45, 7) is 5.79. The highest BCUT2D eigenvalue weighted by Crippen LogP contribution is 2.60. The molecule has 5 rings (SSSR count). The fourth-order valence-corrected chi connectivity index (χ4v) is 5.40. The van der Waals surface area contributed by atoms with Crippen molar-refractivity contribution in [3.05, 3.63) is 77.9 Å². The van der Waals surface area contributed by atoms with Crippen molar-refractivity contribution in [3.8, 4) is 11.8 Å². The maximum Gasteiger partial charge on any atom is 0.298 e. The van der Waals surface area contributed by atoms with Crippen molar-refractivity contribution in [1.29, 1.82) is 0 Å². The Morgan fingerprint density at radius 2 is 1.51 bits per heavy atom. The summed E-state index contributed by atoms with van der Waals surface area (Å²) in [4.78, 5) is 32.1. The highest BCUT2D eigenvalue weighted by molar-refractivity contribution is 5.94. The van der Waals surface area contributed by atoms with Crippen LogP contribution in [0.15, 0.2) is 66.7 Å². The Labute approximate surface area is 208 Å². The van der Waals surface area contributed by atoms with Gasteiger partial charge in [-0.2, -0.15) is 0 Å². The maximum absolute atomic E-state index is 13.2. The molecule has 35 heavy (non-hydrogen) atoms. The van der Waals surface area contributed by atoms with Gasteiger partial charge in [0.05, 0.1) is 0 Å². The van der Waals surface area contributed by atoms with Gasteiger partial charge in [0.2, 0.25) is 5.91 Å². The lowest BCUT2D eigenvalue weighted by atomic mass is 9.90. The van der Waals surface area contributed by atoms with Crippen molar-refractivity contribution in [3.63, 3.8) is 0 Å². The Hall–Kier alpha value is -3.36. The van der Waals surface area contributed by atoms with Crippen LogP contribution in [0.4, 0.5) is 0 Å². The van der Waals surface area contributed by atoms with Crippen LogP contribution in [0.1, 0.15) is 30.4 Å². The van der Waals surface area contributed by atoms with Gasteiger partial charge in [0.15, 0.2) is 0 Å². The molecule has 180 valence electrons. The van der Waals surface area contributed by atoms with Gasteiger partial charge in [-0.1, -0.05) is 66.6 Å². The second-order valence-corrected chi connectivity index (χ2v) is 9.97. The third-order valence-electron chi connectivity index (χ3n) is 7.78. The second-order valence-electron chi connectivity index (χ2n) is 9.97. The first-order valence-corrected chi connectivity index (χ1v) is 12.7. The van der Waals surface area contributed by atoms with Gasteiger partial charge in [0.1, 0.15) is 0 Å². The molecule has 0 N–H and O–H groups in total. The minimum absolute atomic E-state index is 0.107. The van der Waals surface area contributed by atoms with E-state index < -0.39 is 0 Å². The Bertz CT molecular complexity index is 1120. The molecule has 0 aromatic heterocycles. The molecule has 2 aromatic rings. The fourth-order valence-electron chi connectivity index (χ4n) is 5.40. The maximum atomic E-state index is 13.2. The van der Waals surface area contributed by atoms with E-state index in [-0.39, 0.29) is 17.2 Å². The molecule has 1 saturated carbocycles. The Morgan fingerprint density at radius 3 is 2.20 bits per heavy atom. The number of piperidine rings is 1. The van der Waals surface area contributed by atoms with E-state index in [1.54, 1.807) is 0 Å². The molecule has 0 bridgehead atoms. The van der Waals surface area contributed by atoms with Crippen LogP contribution in [0, 0.1) is 23.2 Å². The van der Waals surface area contributed by atoms with Gasteiger partial charge in [0, 0.05) is 63.2 Å². The number of hydrogen-bond acceptors (Lipinski definition) is 3. The van der Waals surface area contributed by atoms with E-state index in [0.29, 0.717) is 19.0 Å². The van der Waals surface area contributed by atoms with Crippen molar-refractivity contribution < 1.29 is 9.59 Å². The van der Waals surface area contributed by atoms with E-state index in [1.807, 2.05) is 41.3 Å². The zero-order chi connectivity index (χ0) is 24.1. The Morgan fingerprint density at radius 1 is 0.857 bits per heavy atom. The molecule has 3 aliphatic rings. The predicted octanol–water partition coefficient (Wildman–Crippen LogP) is 3.52. The van der Waals surface area contributed by atoms with Gasteiger partial charge in [-0.05, 0) is 42.4 Å². The van der Waals surface area contributed by atoms with Gasteiger partial charge in [-0.3, -0.25) is 14.5 Å². The third kappa shape index (κ3) is 5.66. The van der Waals surface area contributed by atoms with Crippen LogP contribution in [0.2, 0.25) is 0 Å². The number of hydrogen-bond donors (Lipinski definition) is 0.